The van der Waals surface area contributed by atoms with Crippen LogP contribution in [0.15, 0.2) is 0 Å². The summed E-state index contributed by atoms with van der Waals surface area (Å²) in [6, 6.07) is 0. The number of ether oxygens (including phenoxy) is 4. The summed E-state index contributed by atoms with van der Waals surface area (Å²) in [4.78, 5) is 0. The fourth-order valence-corrected chi connectivity index (χ4v) is 4.32. The van der Waals surface area contributed by atoms with Gasteiger partial charge in [0.05, 0.1) is 12.2 Å². The molecule has 0 aromatic rings. The SMILES string of the molecule is COC(CCCCCCCCCCCC1CCC2OC2C1)(OC)OC. The molecule has 1 saturated carbocycles. The molecule has 0 N–H and O–H groups in total. The lowest BCUT2D eigenvalue weighted by atomic mass is 9.85. The van der Waals surface area contributed by atoms with E-state index in [4.69, 9.17) is 18.9 Å². The van der Waals surface area contributed by atoms with Crippen molar-refractivity contribution in [2.45, 2.75) is 108 Å². The molecule has 4 nitrogen and oxygen atoms in total. The zero-order chi connectivity index (χ0) is 18.0. The summed E-state index contributed by atoms with van der Waals surface area (Å²) < 4.78 is 21.6. The molecule has 1 aliphatic carbocycles. The zero-order valence-electron chi connectivity index (χ0n) is 16.8. The topological polar surface area (TPSA) is 40.2 Å². The third-order valence-electron chi connectivity index (χ3n) is 6.14. The summed E-state index contributed by atoms with van der Waals surface area (Å²) >= 11 is 0. The molecule has 2 aliphatic rings. The molecule has 0 bridgehead atoms. The molecule has 1 aliphatic heterocycles. The number of unbranched alkanes of at least 4 members (excludes halogenated alkanes) is 8. The lowest BCUT2D eigenvalue weighted by molar-refractivity contribution is -0.355. The van der Waals surface area contributed by atoms with Crippen LogP contribution in [0, 0.1) is 5.92 Å². The Hall–Kier alpha value is -0.160. The predicted molar refractivity (Wildman–Crippen MR) is 101 cm³/mol. The Bertz CT molecular complexity index is 335. The fourth-order valence-electron chi connectivity index (χ4n) is 4.32. The molecule has 2 rings (SSSR count). The van der Waals surface area contributed by atoms with E-state index >= 15 is 0 Å². The van der Waals surface area contributed by atoms with E-state index in [1.807, 2.05) is 0 Å². The Labute approximate surface area is 154 Å². The third kappa shape index (κ3) is 7.54. The monoisotopic (exact) mass is 356 g/mol. The van der Waals surface area contributed by atoms with Crippen LogP contribution in [0.4, 0.5) is 0 Å². The average molecular weight is 357 g/mol. The first-order valence-corrected chi connectivity index (χ1v) is 10.5. The van der Waals surface area contributed by atoms with Gasteiger partial charge in [0.15, 0.2) is 0 Å². The average Bonchev–Trinajstić information content (AvgIpc) is 3.42. The molecule has 0 amide bonds. The zero-order valence-corrected chi connectivity index (χ0v) is 16.8. The summed E-state index contributed by atoms with van der Waals surface area (Å²) in [5.41, 5.74) is 0. The van der Waals surface area contributed by atoms with Crippen molar-refractivity contribution in [3.8, 4) is 0 Å². The highest BCUT2D eigenvalue weighted by molar-refractivity contribution is 4.91. The molecule has 3 atom stereocenters. The van der Waals surface area contributed by atoms with Gasteiger partial charge in [-0.1, -0.05) is 57.8 Å². The number of hydrogen-bond donors (Lipinski definition) is 0. The summed E-state index contributed by atoms with van der Waals surface area (Å²) in [6.07, 6.45) is 19.6. The van der Waals surface area contributed by atoms with Crippen molar-refractivity contribution in [3.05, 3.63) is 0 Å². The lowest BCUT2D eigenvalue weighted by Gasteiger charge is -2.28. The molecule has 2 fully saturated rings. The first-order valence-electron chi connectivity index (χ1n) is 10.5. The van der Waals surface area contributed by atoms with Crippen molar-refractivity contribution in [2.24, 2.45) is 5.92 Å². The van der Waals surface area contributed by atoms with E-state index in [0.717, 1.165) is 18.8 Å². The van der Waals surface area contributed by atoms with Crippen molar-refractivity contribution in [1.82, 2.24) is 0 Å². The molecular weight excluding hydrogens is 316 g/mol. The van der Waals surface area contributed by atoms with Crippen LogP contribution < -0.4 is 0 Å². The summed E-state index contributed by atoms with van der Waals surface area (Å²) in [6.45, 7) is 0. The van der Waals surface area contributed by atoms with Crippen molar-refractivity contribution in [2.75, 3.05) is 21.3 Å². The van der Waals surface area contributed by atoms with Gasteiger partial charge in [0.25, 0.3) is 5.97 Å². The Morgan fingerprint density at radius 2 is 1.28 bits per heavy atom. The van der Waals surface area contributed by atoms with E-state index in [-0.39, 0.29) is 0 Å². The second kappa shape index (κ2) is 11.5. The van der Waals surface area contributed by atoms with Crippen LogP contribution >= 0.6 is 0 Å². The number of methoxy groups -OCH3 is 3. The first kappa shape index (κ1) is 21.1. The summed E-state index contributed by atoms with van der Waals surface area (Å²) in [5, 5.41) is 0. The van der Waals surface area contributed by atoms with Crippen LogP contribution in [0.5, 0.6) is 0 Å². The molecule has 148 valence electrons. The number of epoxide rings is 1. The van der Waals surface area contributed by atoms with Gasteiger partial charge in [-0.2, -0.15) is 0 Å². The quantitative estimate of drug-likeness (QED) is 0.223. The minimum absolute atomic E-state index is 0.653. The third-order valence-corrected chi connectivity index (χ3v) is 6.14. The molecule has 0 spiro atoms. The van der Waals surface area contributed by atoms with Gasteiger partial charge >= 0.3 is 0 Å². The Morgan fingerprint density at radius 1 is 0.720 bits per heavy atom. The van der Waals surface area contributed by atoms with Crippen LogP contribution in [0.25, 0.3) is 0 Å². The molecule has 0 radical (unpaired) electrons. The van der Waals surface area contributed by atoms with Crippen LogP contribution in [0.1, 0.15) is 89.9 Å². The van der Waals surface area contributed by atoms with Gasteiger partial charge in [-0.05, 0) is 31.6 Å². The molecule has 0 aromatic heterocycles. The van der Waals surface area contributed by atoms with Crippen LogP contribution in [0.2, 0.25) is 0 Å². The maximum Gasteiger partial charge on any atom is 0.282 e. The van der Waals surface area contributed by atoms with Crippen molar-refractivity contribution >= 4 is 0 Å². The van der Waals surface area contributed by atoms with Gasteiger partial charge < -0.3 is 18.9 Å². The van der Waals surface area contributed by atoms with Crippen molar-refractivity contribution in [1.29, 1.82) is 0 Å². The van der Waals surface area contributed by atoms with Crippen molar-refractivity contribution < 1.29 is 18.9 Å². The molecule has 1 heterocycles. The van der Waals surface area contributed by atoms with E-state index in [1.165, 1.54) is 77.0 Å². The van der Waals surface area contributed by atoms with E-state index in [2.05, 4.69) is 0 Å². The highest BCUT2D eigenvalue weighted by Gasteiger charge is 2.43. The van der Waals surface area contributed by atoms with E-state index in [1.54, 1.807) is 21.3 Å². The first-order chi connectivity index (χ1) is 12.2. The van der Waals surface area contributed by atoms with Gasteiger partial charge in [-0.25, -0.2) is 0 Å². The molecular formula is C21H40O4. The molecule has 25 heavy (non-hydrogen) atoms. The van der Waals surface area contributed by atoms with Gasteiger partial charge in [0, 0.05) is 27.8 Å². The maximum atomic E-state index is 5.62. The molecule has 1 saturated heterocycles. The molecule has 0 aromatic carbocycles. The van der Waals surface area contributed by atoms with Crippen molar-refractivity contribution in [3.63, 3.8) is 0 Å². The second-order valence-corrected chi connectivity index (χ2v) is 7.91. The second-order valence-electron chi connectivity index (χ2n) is 7.91. The van der Waals surface area contributed by atoms with E-state index in [0.29, 0.717) is 12.2 Å². The fraction of sp³-hybridized carbons (Fsp3) is 1.00. The van der Waals surface area contributed by atoms with Gasteiger partial charge in [-0.15, -0.1) is 0 Å². The minimum Gasteiger partial charge on any atom is -0.370 e. The Morgan fingerprint density at radius 3 is 1.84 bits per heavy atom. The van der Waals surface area contributed by atoms with E-state index in [9.17, 15) is 0 Å². The van der Waals surface area contributed by atoms with Crippen LogP contribution in [0.3, 0.4) is 0 Å². The number of hydrogen-bond acceptors (Lipinski definition) is 4. The largest absolute Gasteiger partial charge is 0.370 e. The lowest BCUT2D eigenvalue weighted by Crippen LogP contribution is -2.35. The van der Waals surface area contributed by atoms with Gasteiger partial charge in [0.2, 0.25) is 0 Å². The standard InChI is InChI=1S/C21H40O4/c1-22-21(23-2,24-3)16-12-10-8-6-4-5-7-9-11-13-18-14-15-19-20(17-18)25-19/h18-20H,4-17H2,1-3H3. The summed E-state index contributed by atoms with van der Waals surface area (Å²) in [7, 11) is 4.91. The minimum atomic E-state index is -0.842. The van der Waals surface area contributed by atoms with E-state index < -0.39 is 5.97 Å². The highest BCUT2D eigenvalue weighted by atomic mass is 16.9. The smallest absolute Gasteiger partial charge is 0.282 e. The van der Waals surface area contributed by atoms with Gasteiger partial charge in [-0.3, -0.25) is 0 Å². The molecule has 3 unspecified atom stereocenters. The number of rotatable bonds is 15. The normalized spacial score (nSPS) is 25.8. The Kier molecular flexibility index (Phi) is 9.75. The predicted octanol–water partition coefficient (Wildman–Crippen LogP) is 5.44. The Balaban J connectivity index is 1.33. The van der Waals surface area contributed by atoms with Crippen LogP contribution in [-0.2, 0) is 18.9 Å². The highest BCUT2D eigenvalue weighted by Crippen LogP contribution is 2.41. The maximum absolute atomic E-state index is 5.62. The van der Waals surface area contributed by atoms with Crippen LogP contribution in [-0.4, -0.2) is 39.5 Å². The number of fused-ring (bicyclic) bond motifs is 1. The molecule has 4 heteroatoms. The summed E-state index contributed by atoms with van der Waals surface area (Å²) in [5.74, 6) is 0.118. The van der Waals surface area contributed by atoms with Gasteiger partial charge in [0.1, 0.15) is 0 Å².